The van der Waals surface area contributed by atoms with Crippen molar-refractivity contribution in [2.45, 2.75) is 6.92 Å². The number of aldehydes is 1. The van der Waals surface area contributed by atoms with Gasteiger partial charge in [-0.05, 0) is 13.0 Å². The highest BCUT2D eigenvalue weighted by molar-refractivity contribution is 5.69. The highest BCUT2D eigenvalue weighted by Crippen LogP contribution is 1.97. The molecule has 12 heavy (non-hydrogen) atoms. The second-order valence-corrected chi connectivity index (χ2v) is 2.40. The van der Waals surface area contributed by atoms with E-state index in [9.17, 15) is 4.79 Å². The largest absolute Gasteiger partial charge is 0.294 e. The van der Waals surface area contributed by atoms with E-state index in [1.54, 1.807) is 12.3 Å². The average Bonchev–Trinajstić information content (AvgIpc) is 2.46. The summed E-state index contributed by atoms with van der Waals surface area (Å²) in [5.41, 5.74) is 0.854. The van der Waals surface area contributed by atoms with Gasteiger partial charge in [0, 0.05) is 11.9 Å². The molecule has 60 valence electrons. The van der Waals surface area contributed by atoms with E-state index in [1.807, 2.05) is 6.92 Å². The van der Waals surface area contributed by atoms with Crippen molar-refractivity contribution in [1.82, 2.24) is 19.6 Å². The lowest BCUT2D eigenvalue weighted by atomic mass is 10.5. The first-order valence-electron chi connectivity index (χ1n) is 3.45. The zero-order chi connectivity index (χ0) is 8.55. The van der Waals surface area contributed by atoms with Crippen LogP contribution in [-0.2, 0) is 0 Å². The number of rotatable bonds is 1. The van der Waals surface area contributed by atoms with Crippen molar-refractivity contribution < 1.29 is 4.79 Å². The standard InChI is InChI=1S/C7H6N4O/c1-5-2-3-11-7(8-5)9-6(4-12)10-11/h2-4H,1H3. The molecule has 0 aliphatic heterocycles. The lowest BCUT2D eigenvalue weighted by Gasteiger charge is -1.89. The summed E-state index contributed by atoms with van der Waals surface area (Å²) >= 11 is 0. The topological polar surface area (TPSA) is 60.2 Å². The molecule has 0 amide bonds. The molecule has 0 atom stereocenters. The minimum atomic E-state index is 0.160. The molecular weight excluding hydrogens is 156 g/mol. The van der Waals surface area contributed by atoms with Crippen LogP contribution < -0.4 is 0 Å². The summed E-state index contributed by atoms with van der Waals surface area (Å²) in [7, 11) is 0. The Morgan fingerprint density at radius 3 is 3.08 bits per heavy atom. The number of fused-ring (bicyclic) bond motifs is 1. The molecule has 2 aromatic rings. The molecular formula is C7H6N4O. The minimum Gasteiger partial charge on any atom is -0.294 e. The molecule has 0 aromatic carbocycles. The molecule has 0 aliphatic carbocycles. The third kappa shape index (κ3) is 0.952. The number of hydrogen-bond donors (Lipinski definition) is 0. The normalized spacial score (nSPS) is 10.4. The lowest BCUT2D eigenvalue weighted by molar-refractivity contribution is 0.111. The van der Waals surface area contributed by atoms with Gasteiger partial charge in [-0.25, -0.2) is 9.50 Å². The van der Waals surface area contributed by atoms with Crippen LogP contribution in [0.25, 0.3) is 5.78 Å². The highest BCUT2D eigenvalue weighted by Gasteiger charge is 2.01. The van der Waals surface area contributed by atoms with Gasteiger partial charge in [0.15, 0.2) is 6.29 Å². The summed E-state index contributed by atoms with van der Waals surface area (Å²) in [6.45, 7) is 1.86. The van der Waals surface area contributed by atoms with Gasteiger partial charge in [-0.3, -0.25) is 4.79 Å². The molecule has 0 bridgehead atoms. The van der Waals surface area contributed by atoms with Crippen LogP contribution >= 0.6 is 0 Å². The molecule has 2 heterocycles. The molecule has 0 N–H and O–H groups in total. The fourth-order valence-corrected chi connectivity index (χ4v) is 0.931. The molecule has 0 spiro atoms. The van der Waals surface area contributed by atoms with Gasteiger partial charge in [-0.1, -0.05) is 0 Å². The third-order valence-electron chi connectivity index (χ3n) is 1.47. The number of carbonyl (C=O) groups is 1. The SMILES string of the molecule is Cc1ccn2nc(C=O)nc2n1. The second-order valence-electron chi connectivity index (χ2n) is 2.40. The van der Waals surface area contributed by atoms with Crippen LogP contribution in [0, 0.1) is 6.92 Å². The Balaban J connectivity index is 2.75. The first kappa shape index (κ1) is 6.90. The number of aromatic nitrogens is 4. The number of hydrogen-bond acceptors (Lipinski definition) is 4. The third-order valence-corrected chi connectivity index (χ3v) is 1.47. The fraction of sp³-hybridized carbons (Fsp3) is 0.143. The van der Waals surface area contributed by atoms with Crippen molar-refractivity contribution >= 4 is 12.1 Å². The van der Waals surface area contributed by atoms with Gasteiger partial charge in [0.25, 0.3) is 5.78 Å². The van der Waals surface area contributed by atoms with E-state index in [4.69, 9.17) is 0 Å². The molecule has 0 aliphatic rings. The summed E-state index contributed by atoms with van der Waals surface area (Å²) in [5.74, 6) is 0.616. The van der Waals surface area contributed by atoms with Crippen molar-refractivity contribution in [2.75, 3.05) is 0 Å². The van der Waals surface area contributed by atoms with E-state index in [0.717, 1.165) is 5.69 Å². The van der Waals surface area contributed by atoms with Crippen LogP contribution in [0.4, 0.5) is 0 Å². The van der Waals surface area contributed by atoms with Crippen molar-refractivity contribution in [3.8, 4) is 0 Å². The monoisotopic (exact) mass is 162 g/mol. The Labute approximate surface area is 68.1 Å². The Morgan fingerprint density at radius 2 is 2.33 bits per heavy atom. The maximum Gasteiger partial charge on any atom is 0.253 e. The van der Waals surface area contributed by atoms with E-state index < -0.39 is 0 Å². The van der Waals surface area contributed by atoms with E-state index in [2.05, 4.69) is 15.1 Å². The number of aryl methyl sites for hydroxylation is 1. The number of nitrogens with zero attached hydrogens (tertiary/aromatic N) is 4. The molecule has 0 radical (unpaired) electrons. The van der Waals surface area contributed by atoms with E-state index >= 15 is 0 Å². The average molecular weight is 162 g/mol. The minimum absolute atomic E-state index is 0.160. The Kier molecular flexibility index (Phi) is 1.36. The Hall–Kier alpha value is -1.78. The van der Waals surface area contributed by atoms with Crippen LogP contribution in [0.3, 0.4) is 0 Å². The van der Waals surface area contributed by atoms with Gasteiger partial charge in [0.1, 0.15) is 0 Å². The molecule has 0 unspecified atom stereocenters. The van der Waals surface area contributed by atoms with Gasteiger partial charge in [-0.2, -0.15) is 4.98 Å². The van der Waals surface area contributed by atoms with Gasteiger partial charge in [0.2, 0.25) is 5.82 Å². The smallest absolute Gasteiger partial charge is 0.253 e. The van der Waals surface area contributed by atoms with E-state index in [-0.39, 0.29) is 5.82 Å². The summed E-state index contributed by atoms with van der Waals surface area (Å²) in [6.07, 6.45) is 2.32. The Morgan fingerprint density at radius 1 is 1.50 bits per heavy atom. The maximum atomic E-state index is 10.3. The van der Waals surface area contributed by atoms with Crippen molar-refractivity contribution in [3.63, 3.8) is 0 Å². The summed E-state index contributed by atoms with van der Waals surface area (Å²) in [6, 6.07) is 1.80. The van der Waals surface area contributed by atoms with Crippen LogP contribution in [0.5, 0.6) is 0 Å². The second kappa shape index (κ2) is 2.37. The van der Waals surface area contributed by atoms with Gasteiger partial charge < -0.3 is 0 Å². The summed E-state index contributed by atoms with van der Waals surface area (Å²) in [4.78, 5) is 18.2. The predicted octanol–water partition coefficient (Wildman–Crippen LogP) is 0.245. The molecule has 0 saturated heterocycles. The lowest BCUT2D eigenvalue weighted by Crippen LogP contribution is -1.91. The predicted molar refractivity (Wildman–Crippen MR) is 40.9 cm³/mol. The van der Waals surface area contributed by atoms with Crippen molar-refractivity contribution in [3.05, 3.63) is 23.8 Å². The van der Waals surface area contributed by atoms with Gasteiger partial charge >= 0.3 is 0 Å². The van der Waals surface area contributed by atoms with Crippen LogP contribution in [0.15, 0.2) is 12.3 Å². The summed E-state index contributed by atoms with van der Waals surface area (Å²) < 4.78 is 1.47. The molecule has 2 rings (SSSR count). The molecule has 5 heteroatoms. The molecule has 0 saturated carbocycles. The van der Waals surface area contributed by atoms with Gasteiger partial charge in [-0.15, -0.1) is 5.10 Å². The Bertz CT molecular complexity index is 434. The highest BCUT2D eigenvalue weighted by atomic mass is 16.1. The summed E-state index contributed by atoms with van der Waals surface area (Å²) in [5, 5.41) is 3.85. The van der Waals surface area contributed by atoms with E-state index in [0.29, 0.717) is 12.1 Å². The zero-order valence-corrected chi connectivity index (χ0v) is 6.43. The molecule has 5 nitrogen and oxygen atoms in total. The van der Waals surface area contributed by atoms with Crippen LogP contribution in [0.1, 0.15) is 16.3 Å². The zero-order valence-electron chi connectivity index (χ0n) is 6.43. The van der Waals surface area contributed by atoms with Gasteiger partial charge in [0.05, 0.1) is 0 Å². The van der Waals surface area contributed by atoms with Crippen molar-refractivity contribution in [2.24, 2.45) is 0 Å². The maximum absolute atomic E-state index is 10.3. The van der Waals surface area contributed by atoms with Crippen molar-refractivity contribution in [1.29, 1.82) is 0 Å². The van der Waals surface area contributed by atoms with Crippen LogP contribution in [0.2, 0.25) is 0 Å². The van der Waals surface area contributed by atoms with Crippen LogP contribution in [-0.4, -0.2) is 25.9 Å². The first-order chi connectivity index (χ1) is 5.79. The molecule has 2 aromatic heterocycles. The number of carbonyl (C=O) groups excluding carboxylic acids is 1. The fourth-order valence-electron chi connectivity index (χ4n) is 0.931. The molecule has 0 fully saturated rings. The quantitative estimate of drug-likeness (QED) is 0.564. The first-order valence-corrected chi connectivity index (χ1v) is 3.45. The van der Waals surface area contributed by atoms with E-state index in [1.165, 1.54) is 4.52 Å².